The molecule has 0 unspecified atom stereocenters. The van der Waals surface area contributed by atoms with Crippen molar-refractivity contribution in [3.63, 3.8) is 0 Å². The molecule has 1 aromatic carbocycles. The van der Waals surface area contributed by atoms with Gasteiger partial charge in [0, 0.05) is 4.47 Å². The van der Waals surface area contributed by atoms with Crippen LogP contribution < -0.4 is 5.43 Å². The minimum atomic E-state index is -1.36. The molecule has 0 aromatic heterocycles. The van der Waals surface area contributed by atoms with Crippen molar-refractivity contribution in [1.29, 1.82) is 5.26 Å². The van der Waals surface area contributed by atoms with Gasteiger partial charge >= 0.3 is 5.97 Å². The standard InChI is InChI=1S/C9H6BrN3O2/c10-6-1-3-7(4-2-6)12-13-8(5-11)9(14)15/h1-4,12H,(H,14,15)/b13-8+. The van der Waals surface area contributed by atoms with Gasteiger partial charge < -0.3 is 5.11 Å². The van der Waals surface area contributed by atoms with Crippen molar-refractivity contribution < 1.29 is 9.90 Å². The number of hydrazone groups is 1. The van der Waals surface area contributed by atoms with Crippen LogP contribution >= 0.6 is 15.9 Å². The van der Waals surface area contributed by atoms with Gasteiger partial charge in [0.2, 0.25) is 5.71 Å². The van der Waals surface area contributed by atoms with Gasteiger partial charge in [-0.2, -0.15) is 10.4 Å². The molecule has 0 bridgehead atoms. The van der Waals surface area contributed by atoms with Crippen LogP contribution in [0.4, 0.5) is 5.69 Å². The molecule has 0 amide bonds. The van der Waals surface area contributed by atoms with E-state index in [9.17, 15) is 4.79 Å². The average Bonchev–Trinajstić information content (AvgIpc) is 2.21. The predicted octanol–water partition coefficient (Wildman–Crippen LogP) is 1.83. The van der Waals surface area contributed by atoms with Gasteiger partial charge in [-0.05, 0) is 24.3 Å². The Morgan fingerprint density at radius 3 is 2.53 bits per heavy atom. The Hall–Kier alpha value is -1.87. The topological polar surface area (TPSA) is 85.5 Å². The zero-order chi connectivity index (χ0) is 11.3. The Morgan fingerprint density at radius 1 is 1.47 bits per heavy atom. The minimum absolute atomic E-state index is 0.585. The molecule has 5 nitrogen and oxygen atoms in total. The highest BCUT2D eigenvalue weighted by Gasteiger charge is 2.06. The zero-order valence-electron chi connectivity index (χ0n) is 7.44. The second-order valence-corrected chi connectivity index (χ2v) is 3.41. The molecule has 0 heterocycles. The smallest absolute Gasteiger partial charge is 0.367 e. The summed E-state index contributed by atoms with van der Waals surface area (Å²) in [5, 5.41) is 20.3. The molecule has 0 radical (unpaired) electrons. The van der Waals surface area contributed by atoms with Gasteiger partial charge in [-0.25, -0.2) is 4.79 Å². The first-order valence-corrected chi connectivity index (χ1v) is 4.65. The Labute approximate surface area is 94.2 Å². The van der Waals surface area contributed by atoms with E-state index in [0.29, 0.717) is 5.69 Å². The minimum Gasteiger partial charge on any atom is -0.476 e. The quantitative estimate of drug-likeness (QED) is 0.646. The molecule has 1 aromatic rings. The molecule has 0 atom stereocenters. The van der Waals surface area contributed by atoms with Crippen molar-refractivity contribution in [2.24, 2.45) is 5.10 Å². The molecule has 0 saturated heterocycles. The highest BCUT2D eigenvalue weighted by Crippen LogP contribution is 2.13. The molecule has 1 rings (SSSR count). The Balaban J connectivity index is 2.76. The number of nitrogens with zero attached hydrogens (tertiary/aromatic N) is 2. The molecule has 6 heteroatoms. The summed E-state index contributed by atoms with van der Waals surface area (Å²) in [5.41, 5.74) is 2.49. The Kier molecular flexibility index (Phi) is 3.83. The van der Waals surface area contributed by atoms with Crippen LogP contribution in [-0.2, 0) is 4.79 Å². The lowest BCUT2D eigenvalue weighted by Gasteiger charge is -1.99. The van der Waals surface area contributed by atoms with E-state index in [-0.39, 0.29) is 0 Å². The number of nitriles is 1. The van der Waals surface area contributed by atoms with Gasteiger partial charge in [0.05, 0.1) is 5.69 Å². The molecule has 0 fully saturated rings. The third-order valence-corrected chi connectivity index (χ3v) is 1.98. The number of anilines is 1. The van der Waals surface area contributed by atoms with E-state index in [0.717, 1.165) is 4.47 Å². The highest BCUT2D eigenvalue weighted by molar-refractivity contribution is 9.10. The molecular weight excluding hydrogens is 262 g/mol. The monoisotopic (exact) mass is 267 g/mol. The van der Waals surface area contributed by atoms with Gasteiger partial charge in [-0.15, -0.1) is 0 Å². The lowest BCUT2D eigenvalue weighted by molar-refractivity contribution is -0.129. The SMILES string of the molecule is N#C/C(=N\Nc1ccc(Br)cc1)C(=O)O. The second-order valence-electron chi connectivity index (χ2n) is 2.50. The van der Waals surface area contributed by atoms with Crippen LogP contribution in [0.3, 0.4) is 0 Å². The second kappa shape index (κ2) is 5.12. The van der Waals surface area contributed by atoms with E-state index in [1.807, 2.05) is 0 Å². The van der Waals surface area contributed by atoms with Crippen molar-refractivity contribution in [1.82, 2.24) is 0 Å². The fraction of sp³-hybridized carbons (Fsp3) is 0. The third-order valence-electron chi connectivity index (χ3n) is 1.45. The number of nitrogens with one attached hydrogen (secondary N) is 1. The van der Waals surface area contributed by atoms with Crippen molar-refractivity contribution >= 4 is 33.3 Å². The van der Waals surface area contributed by atoms with Crippen LogP contribution in [0.1, 0.15) is 0 Å². The number of benzene rings is 1. The van der Waals surface area contributed by atoms with E-state index in [1.165, 1.54) is 6.07 Å². The summed E-state index contributed by atoms with van der Waals surface area (Å²) in [6.07, 6.45) is 0. The fourth-order valence-electron chi connectivity index (χ4n) is 0.766. The van der Waals surface area contributed by atoms with Gasteiger partial charge in [-0.3, -0.25) is 5.43 Å². The number of hydrogen-bond donors (Lipinski definition) is 2. The number of carboxylic acid groups (broad SMARTS) is 1. The molecule has 15 heavy (non-hydrogen) atoms. The summed E-state index contributed by atoms with van der Waals surface area (Å²) in [4.78, 5) is 10.4. The lowest BCUT2D eigenvalue weighted by atomic mass is 10.3. The third kappa shape index (κ3) is 3.40. The molecule has 0 aliphatic rings. The molecular formula is C9H6BrN3O2. The Bertz CT molecular complexity index is 434. The summed E-state index contributed by atoms with van der Waals surface area (Å²) >= 11 is 3.25. The lowest BCUT2D eigenvalue weighted by Crippen LogP contribution is -2.12. The number of carboxylic acids is 1. The summed E-state index contributed by atoms with van der Waals surface area (Å²) in [6, 6.07) is 8.40. The number of hydrogen-bond acceptors (Lipinski definition) is 4. The summed E-state index contributed by atoms with van der Waals surface area (Å²) in [7, 11) is 0. The predicted molar refractivity (Wildman–Crippen MR) is 58.4 cm³/mol. The van der Waals surface area contributed by atoms with Crippen LogP contribution in [0, 0.1) is 11.3 Å². The number of halogens is 1. The van der Waals surface area contributed by atoms with Crippen LogP contribution in [0.25, 0.3) is 0 Å². The number of carbonyl (C=O) groups is 1. The van der Waals surface area contributed by atoms with Crippen LogP contribution in [-0.4, -0.2) is 16.8 Å². The number of rotatable bonds is 3. The maximum Gasteiger partial charge on any atom is 0.367 e. The molecule has 0 aliphatic heterocycles. The molecule has 2 N–H and O–H groups in total. The van der Waals surface area contributed by atoms with Gasteiger partial charge in [-0.1, -0.05) is 15.9 Å². The first-order valence-electron chi connectivity index (χ1n) is 3.86. The first kappa shape index (κ1) is 11.2. The van der Waals surface area contributed by atoms with Gasteiger partial charge in [0.1, 0.15) is 6.07 Å². The van der Waals surface area contributed by atoms with Crippen LogP contribution in [0.5, 0.6) is 0 Å². The van der Waals surface area contributed by atoms with Crippen molar-refractivity contribution in [2.45, 2.75) is 0 Å². The summed E-state index contributed by atoms with van der Waals surface area (Å²) in [5.74, 6) is -1.36. The number of aliphatic carboxylic acids is 1. The van der Waals surface area contributed by atoms with Crippen molar-refractivity contribution in [3.05, 3.63) is 28.7 Å². The molecule has 0 saturated carbocycles. The van der Waals surface area contributed by atoms with E-state index < -0.39 is 11.7 Å². The zero-order valence-corrected chi connectivity index (χ0v) is 9.02. The molecule has 76 valence electrons. The van der Waals surface area contributed by atoms with E-state index >= 15 is 0 Å². The van der Waals surface area contributed by atoms with Crippen molar-refractivity contribution in [3.8, 4) is 6.07 Å². The maximum atomic E-state index is 10.4. The molecule has 0 aliphatic carbocycles. The van der Waals surface area contributed by atoms with Crippen molar-refractivity contribution in [2.75, 3.05) is 5.43 Å². The summed E-state index contributed by atoms with van der Waals surface area (Å²) < 4.78 is 0.899. The largest absolute Gasteiger partial charge is 0.476 e. The molecule has 0 spiro atoms. The van der Waals surface area contributed by atoms with Gasteiger partial charge in [0.15, 0.2) is 0 Å². The first-order chi connectivity index (χ1) is 7.13. The summed E-state index contributed by atoms with van der Waals surface area (Å²) in [6.45, 7) is 0. The van der Waals surface area contributed by atoms with Crippen LogP contribution in [0.15, 0.2) is 33.8 Å². The van der Waals surface area contributed by atoms with E-state index in [4.69, 9.17) is 10.4 Å². The fourth-order valence-corrected chi connectivity index (χ4v) is 1.03. The normalized spacial score (nSPS) is 10.5. The van der Waals surface area contributed by atoms with E-state index in [2.05, 4.69) is 26.5 Å². The van der Waals surface area contributed by atoms with Gasteiger partial charge in [0.25, 0.3) is 0 Å². The van der Waals surface area contributed by atoms with Crippen LogP contribution in [0.2, 0.25) is 0 Å². The van der Waals surface area contributed by atoms with E-state index in [1.54, 1.807) is 24.3 Å². The highest BCUT2D eigenvalue weighted by atomic mass is 79.9. The Morgan fingerprint density at radius 2 is 2.07 bits per heavy atom. The average molecular weight is 268 g/mol. The maximum absolute atomic E-state index is 10.4.